The van der Waals surface area contributed by atoms with E-state index < -0.39 is 0 Å². The van der Waals surface area contributed by atoms with Crippen LogP contribution in [0.2, 0.25) is 0 Å². The van der Waals surface area contributed by atoms with Gasteiger partial charge in [0.1, 0.15) is 11.2 Å². The van der Waals surface area contributed by atoms with Gasteiger partial charge in [-0.1, -0.05) is 131 Å². The predicted molar refractivity (Wildman–Crippen MR) is 288 cm³/mol. The first kappa shape index (κ1) is 40.5. The van der Waals surface area contributed by atoms with Crippen LogP contribution in [0.15, 0.2) is 199 Å². The van der Waals surface area contributed by atoms with Gasteiger partial charge in [0.2, 0.25) is 0 Å². The molecule has 10 aromatic rings. The van der Waals surface area contributed by atoms with Gasteiger partial charge < -0.3 is 19.1 Å². The third-order valence-corrected chi connectivity index (χ3v) is 15.1. The van der Waals surface area contributed by atoms with E-state index in [1.165, 1.54) is 78.2 Å². The maximum Gasteiger partial charge on any atom is 0.252 e. The normalized spacial score (nSPS) is 15.0. The number of para-hydroxylation sites is 3. The minimum atomic E-state index is -0.0690. The molecular formula is C63H52BN3O. The van der Waals surface area contributed by atoms with Crippen molar-refractivity contribution >= 4 is 96.2 Å². The Hall–Kier alpha value is -7.76. The van der Waals surface area contributed by atoms with Gasteiger partial charge in [-0.25, -0.2) is 0 Å². The molecule has 1 aromatic heterocycles. The van der Waals surface area contributed by atoms with E-state index in [-0.39, 0.29) is 17.5 Å². The van der Waals surface area contributed by atoms with Crippen molar-refractivity contribution in [2.45, 2.75) is 58.8 Å². The average Bonchev–Trinajstić information content (AvgIpc) is 3.82. The number of fused-ring (bicyclic) bond motifs is 8. The summed E-state index contributed by atoms with van der Waals surface area (Å²) < 4.78 is 6.64. The molecule has 1 aliphatic carbocycles. The van der Waals surface area contributed by atoms with Crippen LogP contribution in [-0.2, 0) is 10.8 Å². The highest BCUT2D eigenvalue weighted by atomic mass is 16.3. The lowest BCUT2D eigenvalue weighted by molar-refractivity contribution is 0.403. The molecule has 9 aromatic carbocycles. The van der Waals surface area contributed by atoms with Crippen molar-refractivity contribution in [3.63, 3.8) is 0 Å². The largest absolute Gasteiger partial charge is 0.456 e. The Balaban J connectivity index is 1.14. The second-order valence-corrected chi connectivity index (χ2v) is 20.6. The summed E-state index contributed by atoms with van der Waals surface area (Å²) in [5.74, 6) is 0. The summed E-state index contributed by atoms with van der Waals surface area (Å²) in [5.41, 5.74) is 24.0. The first-order chi connectivity index (χ1) is 33.0. The number of furan rings is 1. The fourth-order valence-electron chi connectivity index (χ4n) is 12.5. The zero-order valence-corrected chi connectivity index (χ0v) is 39.5. The molecule has 13 rings (SSSR count). The lowest BCUT2D eigenvalue weighted by atomic mass is 9.33. The summed E-state index contributed by atoms with van der Waals surface area (Å²) in [6.45, 7) is 14.2. The Morgan fingerprint density at radius 2 is 1.04 bits per heavy atom. The van der Waals surface area contributed by atoms with Crippen molar-refractivity contribution in [2.24, 2.45) is 0 Å². The van der Waals surface area contributed by atoms with E-state index in [9.17, 15) is 0 Å². The number of hydrogen-bond acceptors (Lipinski definition) is 4. The molecule has 0 spiro atoms. The Kier molecular flexibility index (Phi) is 8.86. The molecule has 0 N–H and O–H groups in total. The van der Waals surface area contributed by atoms with Gasteiger partial charge in [-0.3, -0.25) is 0 Å². The summed E-state index contributed by atoms with van der Waals surface area (Å²) in [6, 6.07) is 71.8. The minimum absolute atomic E-state index is 0.00371. The fraction of sp³-hybridized carbons (Fsp3) is 0.143. The monoisotopic (exact) mass is 877 g/mol. The van der Waals surface area contributed by atoms with Crippen LogP contribution >= 0.6 is 0 Å². The molecule has 68 heavy (non-hydrogen) atoms. The Bertz CT molecular complexity index is 3610. The summed E-state index contributed by atoms with van der Waals surface area (Å²) in [4.78, 5) is 7.58. The zero-order valence-electron chi connectivity index (χ0n) is 39.5. The second kappa shape index (κ2) is 14.9. The van der Waals surface area contributed by atoms with Crippen LogP contribution in [0.3, 0.4) is 0 Å². The molecule has 0 unspecified atom stereocenters. The van der Waals surface area contributed by atoms with Crippen molar-refractivity contribution in [3.05, 3.63) is 216 Å². The topological polar surface area (TPSA) is 22.9 Å². The van der Waals surface area contributed by atoms with Crippen LogP contribution in [0.5, 0.6) is 0 Å². The first-order valence-corrected chi connectivity index (χ1v) is 24.1. The molecule has 0 amide bonds. The second-order valence-electron chi connectivity index (χ2n) is 20.6. The van der Waals surface area contributed by atoms with Gasteiger partial charge in [0, 0.05) is 50.9 Å². The zero-order chi connectivity index (χ0) is 46.1. The molecule has 3 aliphatic rings. The van der Waals surface area contributed by atoms with E-state index in [1.807, 2.05) is 0 Å². The van der Waals surface area contributed by atoms with E-state index in [0.717, 1.165) is 51.1 Å². The predicted octanol–water partition coefficient (Wildman–Crippen LogP) is 15.4. The van der Waals surface area contributed by atoms with Crippen molar-refractivity contribution in [2.75, 3.05) is 14.7 Å². The quantitative estimate of drug-likeness (QED) is 0.155. The molecule has 0 saturated carbocycles. The van der Waals surface area contributed by atoms with E-state index in [0.29, 0.717) is 0 Å². The molecule has 0 saturated heterocycles. The highest BCUT2D eigenvalue weighted by Crippen LogP contribution is 2.54. The molecule has 328 valence electrons. The third-order valence-electron chi connectivity index (χ3n) is 15.1. The molecule has 5 heteroatoms. The molecule has 0 radical (unpaired) electrons. The molecule has 4 nitrogen and oxygen atoms in total. The number of rotatable bonds is 6. The lowest BCUT2D eigenvalue weighted by Crippen LogP contribution is -2.61. The van der Waals surface area contributed by atoms with E-state index >= 15 is 0 Å². The molecule has 2 aliphatic heterocycles. The minimum Gasteiger partial charge on any atom is -0.456 e. The summed E-state index contributed by atoms with van der Waals surface area (Å²) in [7, 11) is 0. The third kappa shape index (κ3) is 6.08. The Morgan fingerprint density at radius 3 is 1.74 bits per heavy atom. The van der Waals surface area contributed by atoms with Crippen molar-refractivity contribution in [1.29, 1.82) is 0 Å². The van der Waals surface area contributed by atoms with Gasteiger partial charge in [0.15, 0.2) is 0 Å². The van der Waals surface area contributed by atoms with Crippen molar-refractivity contribution < 1.29 is 4.42 Å². The average molecular weight is 878 g/mol. The number of aryl methyl sites for hydroxylation is 2. The molecule has 0 fully saturated rings. The van der Waals surface area contributed by atoms with Gasteiger partial charge in [-0.15, -0.1) is 0 Å². The summed E-state index contributed by atoms with van der Waals surface area (Å²) in [5, 5.41) is 2.26. The maximum atomic E-state index is 6.64. The van der Waals surface area contributed by atoms with Crippen LogP contribution < -0.4 is 31.1 Å². The van der Waals surface area contributed by atoms with Crippen LogP contribution in [-0.4, -0.2) is 6.71 Å². The van der Waals surface area contributed by atoms with Gasteiger partial charge in [0.25, 0.3) is 6.71 Å². The van der Waals surface area contributed by atoms with Crippen molar-refractivity contribution in [3.8, 4) is 11.1 Å². The smallest absolute Gasteiger partial charge is 0.252 e. The van der Waals surface area contributed by atoms with Crippen molar-refractivity contribution in [1.82, 2.24) is 0 Å². The van der Waals surface area contributed by atoms with Gasteiger partial charge in [-0.05, 0) is 172 Å². The van der Waals surface area contributed by atoms with E-state index in [2.05, 4.69) is 250 Å². The van der Waals surface area contributed by atoms with Crippen LogP contribution in [0.4, 0.5) is 51.2 Å². The lowest BCUT2D eigenvalue weighted by Gasteiger charge is -2.45. The van der Waals surface area contributed by atoms with E-state index in [1.54, 1.807) is 0 Å². The first-order valence-electron chi connectivity index (χ1n) is 24.1. The number of nitrogens with zero attached hydrogens (tertiary/aromatic N) is 3. The van der Waals surface area contributed by atoms with Crippen LogP contribution in [0.1, 0.15) is 56.4 Å². The Morgan fingerprint density at radius 1 is 0.456 bits per heavy atom. The fourth-order valence-corrected chi connectivity index (χ4v) is 12.5. The number of anilines is 9. The summed E-state index contributed by atoms with van der Waals surface area (Å²) in [6.07, 6.45) is 1.08. The van der Waals surface area contributed by atoms with Crippen LogP contribution in [0.25, 0.3) is 33.1 Å². The number of hydrogen-bond donors (Lipinski definition) is 0. The molecule has 3 heterocycles. The highest BCUT2D eigenvalue weighted by molar-refractivity contribution is 7.00. The SMILES string of the molecule is Cc1cc2c3c(c1)N(c1cccc4oc5ccccc5c14)c1cc4c(cc1B3c1cc(N(c3ccccc3)c3ccccc3)ccc1N2c1ccc(-c2ccccc2)cc1C)C(C)(C)CC4(C)C. The molecule has 0 bridgehead atoms. The molecular weight excluding hydrogens is 826 g/mol. The standard InChI is InChI=1S/C63H52BN3O/c1-40-33-56-61-57(34-40)67(54-26-18-28-59-60(54)47-25-16-17-27-58(47)68-59)55-38-49-48(62(3,4)39-63(49,5)6)37-51(55)64(61)50-36-46(65(44-21-12-8-13-22-44)45-23-14-9-15-24-45)30-32-53(50)66(56)52-31-29-43(35-41(52)2)42-19-10-7-11-20-42/h7-38H,39H2,1-6H3. The van der Waals surface area contributed by atoms with E-state index in [4.69, 9.17) is 4.42 Å². The van der Waals surface area contributed by atoms with Gasteiger partial charge in [-0.2, -0.15) is 0 Å². The van der Waals surface area contributed by atoms with Gasteiger partial charge >= 0.3 is 0 Å². The van der Waals surface area contributed by atoms with Gasteiger partial charge in [0.05, 0.1) is 11.1 Å². The highest BCUT2D eigenvalue weighted by Gasteiger charge is 2.48. The maximum absolute atomic E-state index is 6.64. The molecule has 0 atom stereocenters. The summed E-state index contributed by atoms with van der Waals surface area (Å²) >= 11 is 0. The Labute approximate surface area is 399 Å². The van der Waals surface area contributed by atoms with Crippen LogP contribution in [0, 0.1) is 13.8 Å². The number of benzene rings is 9.